The maximum absolute atomic E-state index is 10.3. The van der Waals surface area contributed by atoms with Gasteiger partial charge >= 0.3 is 0 Å². The molecule has 0 heterocycles. The molecule has 68 valence electrons. The van der Waals surface area contributed by atoms with Crippen molar-refractivity contribution < 1.29 is 9.45 Å². The second-order valence-electron chi connectivity index (χ2n) is 2.68. The summed E-state index contributed by atoms with van der Waals surface area (Å²) in [7, 11) is 0.622. The highest BCUT2D eigenvalue weighted by atomic mass is 16.4. The van der Waals surface area contributed by atoms with Gasteiger partial charge in [-0.1, -0.05) is 29.8 Å². The van der Waals surface area contributed by atoms with E-state index in [-0.39, 0.29) is 6.73 Å². The molecule has 0 atom stereocenters. The predicted molar refractivity (Wildman–Crippen MR) is 52.8 cm³/mol. The summed E-state index contributed by atoms with van der Waals surface area (Å²) >= 11 is 0. The van der Waals surface area contributed by atoms with Gasteiger partial charge in [-0.25, -0.2) is 0 Å². The van der Waals surface area contributed by atoms with E-state index in [2.05, 4.69) is 0 Å². The van der Waals surface area contributed by atoms with Crippen molar-refractivity contribution in [3.05, 3.63) is 35.4 Å². The summed E-state index contributed by atoms with van der Waals surface area (Å²) in [5, 5.41) is 0. The topological polar surface area (TPSA) is 52.3 Å². The van der Waals surface area contributed by atoms with E-state index in [0.29, 0.717) is 13.0 Å². The van der Waals surface area contributed by atoms with Crippen LogP contribution in [0.3, 0.4) is 0 Å². The van der Waals surface area contributed by atoms with E-state index in [9.17, 15) is 4.79 Å². The zero-order chi connectivity index (χ0) is 9.52. The highest BCUT2D eigenvalue weighted by molar-refractivity contribution is 6.26. The third kappa shape index (κ3) is 3.40. The van der Waals surface area contributed by atoms with Gasteiger partial charge in [-0.15, -0.1) is 0 Å². The standard InChI is InChI=1S/C9H12BNO2/c11-7-13-10-5-8-1-3-9(6-12)4-2-8/h1-4,6,10H,5,7,11H2. The van der Waals surface area contributed by atoms with Crippen LogP contribution in [0.4, 0.5) is 0 Å². The zero-order valence-corrected chi connectivity index (χ0v) is 7.40. The third-order valence-corrected chi connectivity index (χ3v) is 1.77. The summed E-state index contributed by atoms with van der Waals surface area (Å²) in [5.74, 6) is 0. The van der Waals surface area contributed by atoms with Crippen molar-refractivity contribution in [3.8, 4) is 0 Å². The van der Waals surface area contributed by atoms with Gasteiger partial charge in [-0.2, -0.15) is 0 Å². The van der Waals surface area contributed by atoms with Gasteiger partial charge in [0.1, 0.15) is 6.29 Å². The molecule has 13 heavy (non-hydrogen) atoms. The van der Waals surface area contributed by atoms with Crippen LogP contribution in [-0.2, 0) is 11.0 Å². The highest BCUT2D eigenvalue weighted by Gasteiger charge is 1.95. The zero-order valence-electron chi connectivity index (χ0n) is 7.40. The molecule has 0 amide bonds. The molecule has 4 heteroatoms. The minimum atomic E-state index is 0.256. The molecule has 0 radical (unpaired) electrons. The molecule has 0 saturated carbocycles. The van der Waals surface area contributed by atoms with Crippen LogP contribution in [0.15, 0.2) is 24.3 Å². The van der Waals surface area contributed by atoms with Gasteiger partial charge in [-0.3, -0.25) is 4.79 Å². The predicted octanol–water partition coefficient (Wildman–Crippen LogP) is 0.283. The molecule has 0 saturated heterocycles. The molecule has 0 aliphatic carbocycles. The first-order valence-electron chi connectivity index (χ1n) is 4.18. The fraction of sp³-hybridized carbons (Fsp3) is 0.222. The van der Waals surface area contributed by atoms with Crippen LogP contribution in [0.1, 0.15) is 15.9 Å². The fourth-order valence-corrected chi connectivity index (χ4v) is 1.04. The van der Waals surface area contributed by atoms with Crippen molar-refractivity contribution in [2.75, 3.05) is 6.73 Å². The van der Waals surface area contributed by atoms with Gasteiger partial charge in [0.15, 0.2) is 0 Å². The average molecular weight is 177 g/mol. The Morgan fingerprint density at radius 2 is 2.08 bits per heavy atom. The van der Waals surface area contributed by atoms with Crippen LogP contribution in [0.5, 0.6) is 0 Å². The van der Waals surface area contributed by atoms with Crippen LogP contribution in [-0.4, -0.2) is 20.5 Å². The molecule has 3 nitrogen and oxygen atoms in total. The van der Waals surface area contributed by atoms with Crippen LogP contribution in [0.25, 0.3) is 0 Å². The van der Waals surface area contributed by atoms with Crippen LogP contribution in [0.2, 0.25) is 0 Å². The number of nitrogens with two attached hydrogens (primary N) is 1. The molecule has 0 fully saturated rings. The normalized spacial score (nSPS) is 9.62. The molecule has 2 N–H and O–H groups in total. The summed E-state index contributed by atoms with van der Waals surface area (Å²) in [6, 6.07) is 7.43. The Balaban J connectivity index is 2.44. The molecule has 1 aromatic carbocycles. The quantitative estimate of drug-likeness (QED) is 0.304. The van der Waals surface area contributed by atoms with Crippen LogP contribution in [0, 0.1) is 0 Å². The minimum absolute atomic E-state index is 0.256. The van der Waals surface area contributed by atoms with E-state index in [0.717, 1.165) is 18.2 Å². The number of benzene rings is 1. The lowest BCUT2D eigenvalue weighted by molar-refractivity contribution is 0.112. The lowest BCUT2D eigenvalue weighted by Crippen LogP contribution is -2.10. The first-order chi connectivity index (χ1) is 6.36. The molecule has 1 rings (SSSR count). The van der Waals surface area contributed by atoms with E-state index in [1.165, 1.54) is 0 Å². The number of hydrogen-bond acceptors (Lipinski definition) is 3. The number of hydrogen-bond donors (Lipinski definition) is 1. The van der Waals surface area contributed by atoms with E-state index in [4.69, 9.17) is 10.4 Å². The summed E-state index contributed by atoms with van der Waals surface area (Å²) in [5.41, 5.74) is 7.02. The van der Waals surface area contributed by atoms with Crippen LogP contribution < -0.4 is 5.73 Å². The number of carbonyl (C=O) groups excluding carboxylic acids is 1. The van der Waals surface area contributed by atoms with Crippen molar-refractivity contribution in [1.82, 2.24) is 0 Å². The summed E-state index contributed by atoms with van der Waals surface area (Å²) in [6.07, 6.45) is 1.66. The minimum Gasteiger partial charge on any atom is -0.427 e. The van der Waals surface area contributed by atoms with Gasteiger partial charge in [0.05, 0.1) is 6.73 Å². The second-order valence-corrected chi connectivity index (χ2v) is 2.68. The second kappa shape index (κ2) is 5.51. The van der Waals surface area contributed by atoms with Gasteiger partial charge < -0.3 is 10.4 Å². The van der Waals surface area contributed by atoms with E-state index < -0.39 is 0 Å². The molecule has 0 spiro atoms. The number of aldehydes is 1. The van der Waals surface area contributed by atoms with Crippen molar-refractivity contribution in [3.63, 3.8) is 0 Å². The van der Waals surface area contributed by atoms with E-state index in [1.807, 2.05) is 12.1 Å². The first kappa shape index (κ1) is 9.96. The fourth-order valence-electron chi connectivity index (χ4n) is 1.04. The summed E-state index contributed by atoms with van der Waals surface area (Å²) in [6.45, 7) is 0.256. The summed E-state index contributed by atoms with van der Waals surface area (Å²) < 4.78 is 5.00. The summed E-state index contributed by atoms with van der Waals surface area (Å²) in [4.78, 5) is 10.3. The Labute approximate surface area is 78.2 Å². The third-order valence-electron chi connectivity index (χ3n) is 1.77. The van der Waals surface area contributed by atoms with Gasteiger partial charge in [-0.05, 0) is 6.32 Å². The SMILES string of the molecule is NCOBCc1ccc(C=O)cc1. The Hall–Kier alpha value is -1.13. The highest BCUT2D eigenvalue weighted by Crippen LogP contribution is 2.02. The van der Waals surface area contributed by atoms with Crippen molar-refractivity contribution in [2.45, 2.75) is 6.32 Å². The molecule has 0 unspecified atom stereocenters. The van der Waals surface area contributed by atoms with Gasteiger partial charge in [0, 0.05) is 5.56 Å². The van der Waals surface area contributed by atoms with E-state index >= 15 is 0 Å². The van der Waals surface area contributed by atoms with Gasteiger partial charge in [0.2, 0.25) is 0 Å². The van der Waals surface area contributed by atoms with Gasteiger partial charge in [0.25, 0.3) is 7.48 Å². The molecule has 0 aromatic heterocycles. The average Bonchev–Trinajstić information content (AvgIpc) is 2.19. The smallest absolute Gasteiger partial charge is 0.281 e. The van der Waals surface area contributed by atoms with E-state index in [1.54, 1.807) is 12.1 Å². The lowest BCUT2D eigenvalue weighted by atomic mass is 9.89. The molecular formula is C9H12BNO2. The molecule has 1 aromatic rings. The Bertz CT molecular complexity index is 261. The maximum Gasteiger partial charge on any atom is 0.281 e. The Morgan fingerprint density at radius 3 is 2.62 bits per heavy atom. The molecule has 0 aliphatic heterocycles. The number of rotatable bonds is 5. The monoisotopic (exact) mass is 177 g/mol. The molecule has 0 aliphatic rings. The van der Waals surface area contributed by atoms with Crippen LogP contribution >= 0.6 is 0 Å². The van der Waals surface area contributed by atoms with Crippen molar-refractivity contribution >= 4 is 13.8 Å². The first-order valence-corrected chi connectivity index (χ1v) is 4.18. The largest absolute Gasteiger partial charge is 0.427 e. The molecular weight excluding hydrogens is 165 g/mol. The lowest BCUT2D eigenvalue weighted by Gasteiger charge is -1.99. The van der Waals surface area contributed by atoms with Crippen molar-refractivity contribution in [1.29, 1.82) is 0 Å². The number of carbonyl (C=O) groups is 1. The Morgan fingerprint density at radius 1 is 1.38 bits per heavy atom. The maximum atomic E-state index is 10.3. The van der Waals surface area contributed by atoms with Crippen molar-refractivity contribution in [2.24, 2.45) is 5.73 Å². The molecule has 0 bridgehead atoms. The Kier molecular flexibility index (Phi) is 4.22.